The van der Waals surface area contributed by atoms with Crippen molar-refractivity contribution in [3.8, 4) is 0 Å². The Morgan fingerprint density at radius 3 is 2.79 bits per heavy atom. The van der Waals surface area contributed by atoms with Crippen LogP contribution in [0.3, 0.4) is 0 Å². The first-order valence-electron chi connectivity index (χ1n) is 7.39. The summed E-state index contributed by atoms with van der Waals surface area (Å²) in [5.41, 5.74) is 7.06. The van der Waals surface area contributed by atoms with E-state index in [0.29, 0.717) is 12.2 Å². The monoisotopic (exact) mass is 262 g/mol. The van der Waals surface area contributed by atoms with Gasteiger partial charge in [0.1, 0.15) is 0 Å². The van der Waals surface area contributed by atoms with E-state index in [9.17, 15) is 0 Å². The van der Waals surface area contributed by atoms with Crippen LogP contribution in [0, 0.1) is 0 Å². The first-order valence-corrected chi connectivity index (χ1v) is 7.39. The highest BCUT2D eigenvalue weighted by atomic mass is 16.5. The molecule has 0 aromatic heterocycles. The van der Waals surface area contributed by atoms with Gasteiger partial charge in [0.15, 0.2) is 0 Å². The second-order valence-electron chi connectivity index (χ2n) is 5.49. The van der Waals surface area contributed by atoms with Gasteiger partial charge in [0.05, 0.1) is 12.2 Å². The lowest BCUT2D eigenvalue weighted by Gasteiger charge is -2.36. The van der Waals surface area contributed by atoms with Crippen molar-refractivity contribution in [2.45, 2.75) is 38.4 Å². The van der Waals surface area contributed by atoms with Crippen LogP contribution >= 0.6 is 0 Å². The van der Waals surface area contributed by atoms with Crippen LogP contribution in [0.15, 0.2) is 30.3 Å². The summed E-state index contributed by atoms with van der Waals surface area (Å²) in [6, 6.07) is 10.7. The summed E-state index contributed by atoms with van der Waals surface area (Å²) in [6.45, 7) is 6.12. The zero-order valence-electron chi connectivity index (χ0n) is 11.9. The third-order valence-electron chi connectivity index (χ3n) is 3.67. The highest BCUT2D eigenvalue weighted by molar-refractivity contribution is 5.14. The van der Waals surface area contributed by atoms with Gasteiger partial charge in [-0.1, -0.05) is 30.3 Å². The Morgan fingerprint density at radius 1 is 1.26 bits per heavy atom. The second-order valence-corrected chi connectivity index (χ2v) is 5.49. The molecule has 0 saturated carbocycles. The van der Waals surface area contributed by atoms with Crippen LogP contribution in [0.1, 0.15) is 25.3 Å². The van der Waals surface area contributed by atoms with Gasteiger partial charge in [-0.15, -0.1) is 0 Å². The van der Waals surface area contributed by atoms with Gasteiger partial charge in [-0.05, 0) is 44.8 Å². The Bertz CT molecular complexity index is 355. The van der Waals surface area contributed by atoms with Crippen molar-refractivity contribution >= 4 is 0 Å². The van der Waals surface area contributed by atoms with Crippen LogP contribution in [0.2, 0.25) is 0 Å². The molecule has 1 aromatic rings. The Balaban J connectivity index is 1.72. The molecule has 1 aromatic carbocycles. The van der Waals surface area contributed by atoms with Gasteiger partial charge in [0, 0.05) is 13.1 Å². The number of nitrogens with two attached hydrogens (primary N) is 1. The smallest absolute Gasteiger partial charge is 0.0718 e. The lowest BCUT2D eigenvalue weighted by Crippen LogP contribution is -2.47. The first-order chi connectivity index (χ1) is 9.28. The molecule has 2 rings (SSSR count). The molecular formula is C16H26N2O. The van der Waals surface area contributed by atoms with Gasteiger partial charge in [-0.2, -0.15) is 0 Å². The highest BCUT2D eigenvalue weighted by Gasteiger charge is 2.23. The Morgan fingerprint density at radius 2 is 2.05 bits per heavy atom. The fraction of sp³-hybridized carbons (Fsp3) is 0.625. The van der Waals surface area contributed by atoms with E-state index in [1.54, 1.807) is 0 Å². The molecule has 19 heavy (non-hydrogen) atoms. The van der Waals surface area contributed by atoms with Gasteiger partial charge in [0.2, 0.25) is 0 Å². The van der Waals surface area contributed by atoms with Gasteiger partial charge < -0.3 is 10.5 Å². The van der Waals surface area contributed by atoms with Crippen LogP contribution in [0.4, 0.5) is 0 Å². The summed E-state index contributed by atoms with van der Waals surface area (Å²) in [7, 11) is 0. The van der Waals surface area contributed by atoms with E-state index in [2.05, 4.69) is 42.2 Å². The van der Waals surface area contributed by atoms with Gasteiger partial charge >= 0.3 is 0 Å². The van der Waals surface area contributed by atoms with Crippen molar-refractivity contribution in [1.29, 1.82) is 0 Å². The molecule has 2 N–H and O–H groups in total. The molecule has 1 aliphatic heterocycles. The standard InChI is InChI=1S/C16H26N2O/c1-14-12-18(13-16(19-14)9-10-17)11-5-8-15-6-3-2-4-7-15/h2-4,6-7,14,16H,5,8-13,17H2,1H3. The zero-order valence-corrected chi connectivity index (χ0v) is 11.9. The lowest BCUT2D eigenvalue weighted by atomic mass is 10.1. The third kappa shape index (κ3) is 4.94. The number of nitrogens with zero attached hydrogens (tertiary/aromatic N) is 1. The molecule has 2 unspecified atom stereocenters. The number of aryl methyl sites for hydroxylation is 1. The molecule has 0 aliphatic carbocycles. The van der Waals surface area contributed by atoms with E-state index < -0.39 is 0 Å². The molecule has 3 heteroatoms. The normalized spacial score (nSPS) is 24.5. The fourth-order valence-electron chi connectivity index (χ4n) is 2.82. The van der Waals surface area contributed by atoms with E-state index in [4.69, 9.17) is 10.5 Å². The maximum atomic E-state index is 5.90. The summed E-state index contributed by atoms with van der Waals surface area (Å²) in [4.78, 5) is 2.53. The van der Waals surface area contributed by atoms with Crippen LogP contribution in [0.5, 0.6) is 0 Å². The molecule has 0 radical (unpaired) electrons. The topological polar surface area (TPSA) is 38.5 Å². The SMILES string of the molecule is CC1CN(CCCc2ccccc2)CC(CCN)O1. The average molecular weight is 262 g/mol. The van der Waals surface area contributed by atoms with E-state index in [0.717, 1.165) is 39.0 Å². The largest absolute Gasteiger partial charge is 0.373 e. The van der Waals surface area contributed by atoms with Gasteiger partial charge in [-0.25, -0.2) is 0 Å². The minimum atomic E-state index is 0.325. The van der Waals surface area contributed by atoms with Crippen molar-refractivity contribution in [3.05, 3.63) is 35.9 Å². The van der Waals surface area contributed by atoms with Crippen molar-refractivity contribution in [3.63, 3.8) is 0 Å². The van der Waals surface area contributed by atoms with Crippen LogP contribution in [-0.4, -0.2) is 43.3 Å². The molecule has 1 aliphatic rings. The molecule has 1 fully saturated rings. The molecule has 106 valence electrons. The average Bonchev–Trinajstić information content (AvgIpc) is 2.40. The predicted octanol–water partition coefficient (Wildman–Crippen LogP) is 2.06. The zero-order chi connectivity index (χ0) is 13.5. The summed E-state index contributed by atoms with van der Waals surface area (Å²) < 4.78 is 5.90. The molecule has 2 atom stereocenters. The summed E-state index contributed by atoms with van der Waals surface area (Å²) >= 11 is 0. The highest BCUT2D eigenvalue weighted by Crippen LogP contribution is 2.14. The number of hydrogen-bond donors (Lipinski definition) is 1. The Labute approximate surface area is 116 Å². The molecule has 0 spiro atoms. The number of benzene rings is 1. The fourth-order valence-corrected chi connectivity index (χ4v) is 2.82. The van der Waals surface area contributed by atoms with E-state index >= 15 is 0 Å². The van der Waals surface area contributed by atoms with E-state index in [-0.39, 0.29) is 0 Å². The van der Waals surface area contributed by atoms with Crippen LogP contribution in [-0.2, 0) is 11.2 Å². The first kappa shape index (κ1) is 14.5. The van der Waals surface area contributed by atoms with Crippen molar-refractivity contribution in [2.75, 3.05) is 26.2 Å². The molecule has 0 bridgehead atoms. The molecular weight excluding hydrogens is 236 g/mol. The van der Waals surface area contributed by atoms with Crippen molar-refractivity contribution in [1.82, 2.24) is 4.90 Å². The summed E-state index contributed by atoms with van der Waals surface area (Å²) in [6.07, 6.45) is 4.01. The third-order valence-corrected chi connectivity index (χ3v) is 3.67. The van der Waals surface area contributed by atoms with E-state index in [1.165, 1.54) is 12.0 Å². The maximum Gasteiger partial charge on any atom is 0.0718 e. The molecule has 0 amide bonds. The molecule has 3 nitrogen and oxygen atoms in total. The maximum absolute atomic E-state index is 5.90. The summed E-state index contributed by atoms with van der Waals surface area (Å²) in [5.74, 6) is 0. The van der Waals surface area contributed by atoms with Gasteiger partial charge in [0.25, 0.3) is 0 Å². The number of morpholine rings is 1. The Kier molecular flexibility index (Phi) is 5.83. The molecule has 1 saturated heterocycles. The second kappa shape index (κ2) is 7.63. The minimum Gasteiger partial charge on any atom is -0.373 e. The van der Waals surface area contributed by atoms with E-state index in [1.807, 2.05) is 0 Å². The number of rotatable bonds is 6. The summed E-state index contributed by atoms with van der Waals surface area (Å²) in [5, 5.41) is 0. The quantitative estimate of drug-likeness (QED) is 0.853. The van der Waals surface area contributed by atoms with Crippen molar-refractivity contribution < 1.29 is 4.74 Å². The Hall–Kier alpha value is -0.900. The van der Waals surface area contributed by atoms with Crippen molar-refractivity contribution in [2.24, 2.45) is 5.73 Å². The minimum absolute atomic E-state index is 0.325. The predicted molar refractivity (Wildman–Crippen MR) is 79.2 cm³/mol. The number of ether oxygens (including phenoxy) is 1. The molecule has 1 heterocycles. The van der Waals surface area contributed by atoms with Crippen LogP contribution < -0.4 is 5.73 Å². The van der Waals surface area contributed by atoms with Gasteiger partial charge in [-0.3, -0.25) is 4.90 Å². The van der Waals surface area contributed by atoms with Crippen LogP contribution in [0.25, 0.3) is 0 Å². The number of hydrogen-bond acceptors (Lipinski definition) is 3. The lowest BCUT2D eigenvalue weighted by molar-refractivity contribution is -0.0785.